The zero-order valence-electron chi connectivity index (χ0n) is 7.86. The molecule has 0 bridgehead atoms. The molecule has 0 aliphatic carbocycles. The second-order valence-corrected chi connectivity index (χ2v) is 4.52. The first-order chi connectivity index (χ1) is 7.09. The van der Waals surface area contributed by atoms with Gasteiger partial charge in [-0.3, -0.25) is 4.79 Å². The van der Waals surface area contributed by atoms with Gasteiger partial charge in [0.05, 0.1) is 10.9 Å². The van der Waals surface area contributed by atoms with E-state index in [1.165, 1.54) is 0 Å². The first-order valence-electron chi connectivity index (χ1n) is 4.30. The van der Waals surface area contributed by atoms with E-state index >= 15 is 0 Å². The number of amides is 1. The van der Waals surface area contributed by atoms with Gasteiger partial charge < -0.3 is 10.5 Å². The van der Waals surface area contributed by atoms with Crippen molar-refractivity contribution in [3.63, 3.8) is 0 Å². The molecule has 1 aromatic rings. The zero-order valence-corrected chi connectivity index (χ0v) is 9.44. The summed E-state index contributed by atoms with van der Waals surface area (Å²) < 4.78 is 5.44. The zero-order chi connectivity index (χ0) is 11.3. The first-order valence-corrected chi connectivity index (χ1v) is 5.50. The van der Waals surface area contributed by atoms with Crippen molar-refractivity contribution in [3.8, 4) is 0 Å². The van der Waals surface area contributed by atoms with Crippen molar-refractivity contribution >= 4 is 34.8 Å². The Kier molecular flexibility index (Phi) is 4.58. The summed E-state index contributed by atoms with van der Waals surface area (Å²) in [5, 5.41) is 0. The van der Waals surface area contributed by atoms with Crippen molar-refractivity contribution < 1.29 is 14.3 Å². The third-order valence-corrected chi connectivity index (χ3v) is 2.79. The summed E-state index contributed by atoms with van der Waals surface area (Å²) in [7, 11) is 0. The predicted octanol–water partition coefficient (Wildman–Crippen LogP) is 1.82. The van der Waals surface area contributed by atoms with Gasteiger partial charge in [-0.25, -0.2) is 4.79 Å². The van der Waals surface area contributed by atoms with E-state index in [-0.39, 0.29) is 13.0 Å². The van der Waals surface area contributed by atoms with Crippen LogP contribution in [-0.4, -0.2) is 18.5 Å². The smallest absolute Gasteiger partial charge is 0.348 e. The summed E-state index contributed by atoms with van der Waals surface area (Å²) in [4.78, 5) is 22.2. The third-order valence-electron chi connectivity index (χ3n) is 1.58. The van der Waals surface area contributed by atoms with Crippen LogP contribution in [-0.2, 0) is 9.53 Å². The first kappa shape index (κ1) is 12.0. The number of primary amides is 1. The Hall–Kier alpha value is -1.07. The van der Waals surface area contributed by atoms with Crippen molar-refractivity contribution in [1.82, 2.24) is 0 Å². The molecule has 0 unspecified atom stereocenters. The fourth-order valence-corrected chi connectivity index (χ4v) is 1.84. The Bertz CT molecular complexity index is 364. The van der Waals surface area contributed by atoms with Gasteiger partial charge >= 0.3 is 5.97 Å². The number of rotatable bonds is 5. The van der Waals surface area contributed by atoms with Gasteiger partial charge in [0.2, 0.25) is 5.91 Å². The normalized spacial score (nSPS) is 9.93. The topological polar surface area (TPSA) is 69.4 Å². The minimum absolute atomic E-state index is 0.192. The highest BCUT2D eigenvalue weighted by molar-refractivity contribution is 7.17. The lowest BCUT2D eigenvalue weighted by atomic mass is 10.3. The van der Waals surface area contributed by atoms with Gasteiger partial charge in [-0.2, -0.15) is 0 Å². The van der Waals surface area contributed by atoms with Crippen LogP contribution in [0.25, 0.3) is 0 Å². The van der Waals surface area contributed by atoms with E-state index in [1.54, 1.807) is 12.1 Å². The minimum atomic E-state index is -0.420. The number of nitrogens with two attached hydrogens (primary N) is 1. The highest BCUT2D eigenvalue weighted by atomic mass is 35.5. The second-order valence-electron chi connectivity index (χ2n) is 2.81. The quantitative estimate of drug-likeness (QED) is 0.637. The number of esters is 1. The third kappa shape index (κ3) is 4.31. The number of hydrogen-bond acceptors (Lipinski definition) is 4. The summed E-state index contributed by atoms with van der Waals surface area (Å²) >= 11 is 6.82. The molecule has 0 aliphatic rings. The van der Waals surface area contributed by atoms with Crippen molar-refractivity contribution in [2.75, 3.05) is 6.61 Å². The molecule has 0 atom stereocenters. The van der Waals surface area contributed by atoms with Crippen molar-refractivity contribution in [2.24, 2.45) is 5.73 Å². The van der Waals surface area contributed by atoms with Crippen LogP contribution in [0.2, 0.25) is 4.34 Å². The fraction of sp³-hybridized carbons (Fsp3) is 0.333. The van der Waals surface area contributed by atoms with Crippen molar-refractivity contribution in [1.29, 1.82) is 0 Å². The monoisotopic (exact) mass is 247 g/mol. The Morgan fingerprint density at radius 1 is 1.47 bits per heavy atom. The minimum Gasteiger partial charge on any atom is -0.461 e. The maximum Gasteiger partial charge on any atom is 0.348 e. The number of ether oxygens (including phenoxy) is 1. The van der Waals surface area contributed by atoms with Gasteiger partial charge in [-0.05, 0) is 18.6 Å². The Morgan fingerprint density at radius 2 is 2.20 bits per heavy atom. The number of thiophene rings is 1. The van der Waals surface area contributed by atoms with Gasteiger partial charge in [0, 0.05) is 6.42 Å². The fourth-order valence-electron chi connectivity index (χ4n) is 0.906. The largest absolute Gasteiger partial charge is 0.461 e. The molecular weight excluding hydrogens is 238 g/mol. The number of halogens is 1. The van der Waals surface area contributed by atoms with Crippen LogP contribution in [0.15, 0.2) is 12.1 Å². The SMILES string of the molecule is NC(=O)CCCOC(=O)c1ccc(Cl)s1. The van der Waals surface area contributed by atoms with E-state index in [1.807, 2.05) is 0 Å². The van der Waals surface area contributed by atoms with E-state index < -0.39 is 11.9 Å². The number of carbonyl (C=O) groups is 2. The lowest BCUT2D eigenvalue weighted by molar-refractivity contribution is -0.118. The van der Waals surface area contributed by atoms with Crippen LogP contribution in [0, 0.1) is 0 Å². The second kappa shape index (κ2) is 5.72. The molecule has 82 valence electrons. The lowest BCUT2D eigenvalue weighted by Crippen LogP contribution is -2.12. The number of carbonyl (C=O) groups excluding carboxylic acids is 2. The Morgan fingerprint density at radius 3 is 2.73 bits per heavy atom. The molecule has 1 amide bonds. The van der Waals surface area contributed by atoms with Crippen molar-refractivity contribution in [3.05, 3.63) is 21.3 Å². The van der Waals surface area contributed by atoms with E-state index in [9.17, 15) is 9.59 Å². The molecule has 1 heterocycles. The summed E-state index contributed by atoms with van der Waals surface area (Å²) in [6.45, 7) is 0.192. The van der Waals surface area contributed by atoms with Crippen LogP contribution < -0.4 is 5.73 Å². The molecule has 15 heavy (non-hydrogen) atoms. The molecule has 0 saturated heterocycles. The molecule has 0 aliphatic heterocycles. The molecule has 4 nitrogen and oxygen atoms in total. The molecule has 0 fully saturated rings. The Labute approximate surface area is 96.0 Å². The standard InChI is InChI=1S/C9H10ClNO3S/c10-7-4-3-6(15-7)9(13)14-5-1-2-8(11)12/h3-4H,1-2,5H2,(H2,11,12). The van der Waals surface area contributed by atoms with E-state index in [0.29, 0.717) is 15.6 Å². The molecule has 0 spiro atoms. The molecule has 6 heteroatoms. The lowest BCUT2D eigenvalue weighted by Gasteiger charge is -2.01. The average molecular weight is 248 g/mol. The van der Waals surface area contributed by atoms with Crippen LogP contribution in [0.3, 0.4) is 0 Å². The Balaban J connectivity index is 2.28. The van der Waals surface area contributed by atoms with E-state index in [2.05, 4.69) is 0 Å². The highest BCUT2D eigenvalue weighted by Gasteiger charge is 2.09. The molecule has 2 N–H and O–H groups in total. The van der Waals surface area contributed by atoms with Gasteiger partial charge in [-0.1, -0.05) is 11.6 Å². The van der Waals surface area contributed by atoms with Crippen LogP contribution >= 0.6 is 22.9 Å². The molecule has 0 radical (unpaired) electrons. The molecule has 0 aromatic carbocycles. The van der Waals surface area contributed by atoms with Gasteiger partial charge in [0.1, 0.15) is 4.88 Å². The summed E-state index contributed by atoms with van der Waals surface area (Å²) in [6, 6.07) is 3.23. The predicted molar refractivity (Wildman–Crippen MR) is 58.0 cm³/mol. The van der Waals surface area contributed by atoms with Crippen LogP contribution in [0.4, 0.5) is 0 Å². The molecular formula is C9H10ClNO3S. The average Bonchev–Trinajstić information content (AvgIpc) is 2.59. The van der Waals surface area contributed by atoms with E-state index in [0.717, 1.165) is 11.3 Å². The molecule has 0 saturated carbocycles. The molecule has 1 rings (SSSR count). The maximum absolute atomic E-state index is 11.3. The van der Waals surface area contributed by atoms with E-state index in [4.69, 9.17) is 22.1 Å². The summed E-state index contributed by atoms with van der Waals surface area (Å²) in [5.41, 5.74) is 4.93. The van der Waals surface area contributed by atoms with Crippen molar-refractivity contribution in [2.45, 2.75) is 12.8 Å². The maximum atomic E-state index is 11.3. The molecule has 1 aromatic heterocycles. The van der Waals surface area contributed by atoms with Crippen LogP contribution in [0.5, 0.6) is 0 Å². The van der Waals surface area contributed by atoms with Gasteiger partial charge in [0.25, 0.3) is 0 Å². The van der Waals surface area contributed by atoms with Gasteiger partial charge in [-0.15, -0.1) is 11.3 Å². The highest BCUT2D eigenvalue weighted by Crippen LogP contribution is 2.21. The number of hydrogen-bond donors (Lipinski definition) is 1. The summed E-state index contributed by atoms with van der Waals surface area (Å²) in [6.07, 6.45) is 0.665. The van der Waals surface area contributed by atoms with Crippen LogP contribution in [0.1, 0.15) is 22.5 Å². The van der Waals surface area contributed by atoms with Gasteiger partial charge in [0.15, 0.2) is 0 Å². The summed E-state index contributed by atoms with van der Waals surface area (Å²) in [5.74, 6) is -0.818.